The lowest BCUT2D eigenvalue weighted by molar-refractivity contribution is 0.0423. The zero-order valence-electron chi connectivity index (χ0n) is 16.3. The number of amides is 2. The molecule has 1 saturated carbocycles. The number of alkyl carbamates (subject to hydrolysis) is 2. The fraction of sp³-hybridized carbons (Fsp3) is 0.824. The molecule has 0 spiro atoms. The molecule has 2 N–H and O–H groups in total. The van der Waals surface area contributed by atoms with Gasteiger partial charge in [0.1, 0.15) is 18.3 Å². The van der Waals surface area contributed by atoms with E-state index in [-0.39, 0.29) is 12.1 Å². The fourth-order valence-corrected chi connectivity index (χ4v) is 2.48. The lowest BCUT2D eigenvalue weighted by Gasteiger charge is -2.34. The van der Waals surface area contributed by atoms with E-state index >= 15 is 0 Å². The molecule has 0 aromatic carbocycles. The van der Waals surface area contributed by atoms with Crippen LogP contribution in [0.15, 0.2) is 5.16 Å². The first kappa shape index (κ1) is 21.1. The van der Waals surface area contributed by atoms with Crippen LogP contribution in [0, 0.1) is 0 Å². The Labute approximate surface area is 149 Å². The molecule has 8 nitrogen and oxygen atoms in total. The van der Waals surface area contributed by atoms with E-state index in [0.717, 1.165) is 5.71 Å². The Morgan fingerprint density at radius 3 is 1.88 bits per heavy atom. The molecular formula is C17H31N3O5. The second-order valence-electron chi connectivity index (χ2n) is 8.09. The van der Waals surface area contributed by atoms with Crippen LogP contribution in [0.1, 0.15) is 60.8 Å². The number of nitrogens with one attached hydrogen (secondary N) is 2. The SMILES string of the molecule is CON=C1CC[C@H](NC(=O)OC(C)(C)C)[C@H](NC(=O)OC(C)(C)C)C1. The number of rotatable bonds is 3. The maximum atomic E-state index is 12.1. The third-order valence-corrected chi connectivity index (χ3v) is 3.31. The van der Waals surface area contributed by atoms with Crippen molar-refractivity contribution in [3.63, 3.8) is 0 Å². The van der Waals surface area contributed by atoms with E-state index in [1.54, 1.807) is 41.5 Å². The molecule has 2 amide bonds. The number of hydrogen-bond donors (Lipinski definition) is 2. The van der Waals surface area contributed by atoms with Crippen molar-refractivity contribution in [1.29, 1.82) is 0 Å². The molecule has 1 rings (SSSR count). The summed E-state index contributed by atoms with van der Waals surface area (Å²) in [4.78, 5) is 29.0. The van der Waals surface area contributed by atoms with Crippen molar-refractivity contribution in [2.75, 3.05) is 7.11 Å². The van der Waals surface area contributed by atoms with E-state index in [1.807, 2.05) is 0 Å². The molecule has 8 heteroatoms. The Morgan fingerprint density at radius 1 is 0.960 bits per heavy atom. The second kappa shape index (κ2) is 8.40. The van der Waals surface area contributed by atoms with Crippen LogP contribution in [-0.2, 0) is 14.3 Å². The van der Waals surface area contributed by atoms with Gasteiger partial charge in [0.25, 0.3) is 0 Å². The first-order valence-corrected chi connectivity index (χ1v) is 8.47. The van der Waals surface area contributed by atoms with Gasteiger partial charge >= 0.3 is 12.2 Å². The van der Waals surface area contributed by atoms with Gasteiger partial charge < -0.3 is 24.9 Å². The molecule has 0 aliphatic heterocycles. The summed E-state index contributed by atoms with van der Waals surface area (Å²) in [6.07, 6.45) is 0.698. The maximum absolute atomic E-state index is 12.1. The van der Waals surface area contributed by atoms with Crippen molar-refractivity contribution in [2.24, 2.45) is 5.16 Å². The highest BCUT2D eigenvalue weighted by Gasteiger charge is 2.33. The minimum atomic E-state index is -0.601. The van der Waals surface area contributed by atoms with Crippen LogP contribution in [0.3, 0.4) is 0 Å². The lowest BCUT2D eigenvalue weighted by Crippen LogP contribution is -2.56. The summed E-state index contributed by atoms with van der Waals surface area (Å²) in [5.74, 6) is 0. The normalized spacial score (nSPS) is 22.9. The van der Waals surface area contributed by atoms with Crippen LogP contribution >= 0.6 is 0 Å². The van der Waals surface area contributed by atoms with Gasteiger partial charge in [-0.2, -0.15) is 0 Å². The highest BCUT2D eigenvalue weighted by Crippen LogP contribution is 2.19. The standard InChI is InChI=1S/C17H31N3O5/c1-16(2,3)24-14(21)18-12-9-8-11(20-23-7)10-13(12)19-15(22)25-17(4,5)6/h12-13H,8-10H2,1-7H3,(H,18,21)(H,19,22)/t12-,13+/m0/s1. The average Bonchev–Trinajstić information content (AvgIpc) is 2.37. The van der Waals surface area contributed by atoms with Gasteiger partial charge in [-0.3, -0.25) is 0 Å². The van der Waals surface area contributed by atoms with Gasteiger partial charge in [0.15, 0.2) is 0 Å². The predicted octanol–water partition coefficient (Wildman–Crippen LogP) is 2.96. The monoisotopic (exact) mass is 357 g/mol. The van der Waals surface area contributed by atoms with Crippen molar-refractivity contribution < 1.29 is 23.9 Å². The Hall–Kier alpha value is -1.99. The molecule has 0 unspecified atom stereocenters. The molecule has 1 aliphatic carbocycles. The number of carbonyl (C=O) groups excluding carboxylic acids is 2. The highest BCUT2D eigenvalue weighted by molar-refractivity contribution is 5.86. The van der Waals surface area contributed by atoms with Gasteiger partial charge in [0.2, 0.25) is 0 Å². The zero-order valence-corrected chi connectivity index (χ0v) is 16.3. The Morgan fingerprint density at radius 2 is 1.44 bits per heavy atom. The molecule has 0 radical (unpaired) electrons. The van der Waals surface area contributed by atoms with Crippen LogP contribution in [0.25, 0.3) is 0 Å². The predicted molar refractivity (Wildman–Crippen MR) is 94.6 cm³/mol. The molecule has 1 fully saturated rings. The Bertz CT molecular complexity index is 505. The quantitative estimate of drug-likeness (QED) is 0.757. The third kappa shape index (κ3) is 8.60. The molecule has 0 heterocycles. The number of carbonyl (C=O) groups is 2. The maximum Gasteiger partial charge on any atom is 0.407 e. The minimum absolute atomic E-state index is 0.279. The first-order valence-electron chi connectivity index (χ1n) is 8.47. The van der Waals surface area contributed by atoms with Gasteiger partial charge in [0.05, 0.1) is 17.8 Å². The molecule has 0 bridgehead atoms. The number of ether oxygens (including phenoxy) is 2. The number of nitrogens with zero attached hydrogens (tertiary/aromatic N) is 1. The van der Waals surface area contributed by atoms with E-state index in [0.29, 0.717) is 19.3 Å². The van der Waals surface area contributed by atoms with Gasteiger partial charge in [-0.1, -0.05) is 5.16 Å². The fourth-order valence-electron chi connectivity index (χ4n) is 2.48. The summed E-state index contributed by atoms with van der Waals surface area (Å²) in [5, 5.41) is 9.61. The molecular weight excluding hydrogens is 326 g/mol. The van der Waals surface area contributed by atoms with Crippen LogP contribution in [0.4, 0.5) is 9.59 Å². The molecule has 0 aromatic heterocycles. The minimum Gasteiger partial charge on any atom is -0.444 e. The first-order chi connectivity index (χ1) is 11.4. The molecule has 0 saturated heterocycles. The smallest absolute Gasteiger partial charge is 0.407 e. The van der Waals surface area contributed by atoms with Crippen molar-refractivity contribution in [2.45, 2.75) is 84.1 Å². The van der Waals surface area contributed by atoms with E-state index in [4.69, 9.17) is 14.3 Å². The average molecular weight is 357 g/mol. The topological polar surface area (TPSA) is 98.3 Å². The largest absolute Gasteiger partial charge is 0.444 e. The van der Waals surface area contributed by atoms with Crippen LogP contribution in [0.2, 0.25) is 0 Å². The number of hydrogen-bond acceptors (Lipinski definition) is 6. The summed E-state index contributed by atoms with van der Waals surface area (Å²) in [6, 6.07) is -0.636. The summed E-state index contributed by atoms with van der Waals surface area (Å²) in [7, 11) is 1.48. The molecule has 1 aliphatic rings. The summed E-state index contributed by atoms with van der Waals surface area (Å²) >= 11 is 0. The Kier molecular flexibility index (Phi) is 7.07. The van der Waals surface area contributed by atoms with Gasteiger partial charge in [-0.05, 0) is 54.4 Å². The third-order valence-electron chi connectivity index (χ3n) is 3.31. The lowest BCUT2D eigenvalue weighted by atomic mass is 9.89. The molecule has 0 aromatic rings. The van der Waals surface area contributed by atoms with E-state index in [9.17, 15) is 9.59 Å². The van der Waals surface area contributed by atoms with Crippen LogP contribution in [0.5, 0.6) is 0 Å². The van der Waals surface area contributed by atoms with Crippen LogP contribution < -0.4 is 10.6 Å². The Balaban J connectivity index is 2.77. The van der Waals surface area contributed by atoms with Gasteiger partial charge in [0, 0.05) is 6.42 Å². The van der Waals surface area contributed by atoms with Gasteiger partial charge in [-0.15, -0.1) is 0 Å². The van der Waals surface area contributed by atoms with Crippen molar-refractivity contribution in [3.05, 3.63) is 0 Å². The number of oxime groups is 1. The van der Waals surface area contributed by atoms with E-state index in [1.165, 1.54) is 7.11 Å². The van der Waals surface area contributed by atoms with Crippen molar-refractivity contribution in [1.82, 2.24) is 10.6 Å². The summed E-state index contributed by atoms with van der Waals surface area (Å²) < 4.78 is 10.6. The second-order valence-corrected chi connectivity index (χ2v) is 8.09. The summed E-state index contributed by atoms with van der Waals surface area (Å²) in [5.41, 5.74) is -0.364. The zero-order chi connectivity index (χ0) is 19.3. The summed E-state index contributed by atoms with van der Waals surface area (Å²) in [6.45, 7) is 10.8. The molecule has 25 heavy (non-hydrogen) atoms. The molecule has 2 atom stereocenters. The highest BCUT2D eigenvalue weighted by atomic mass is 16.6. The molecule has 144 valence electrons. The van der Waals surface area contributed by atoms with Crippen molar-refractivity contribution in [3.8, 4) is 0 Å². The van der Waals surface area contributed by atoms with E-state index in [2.05, 4.69) is 15.8 Å². The van der Waals surface area contributed by atoms with Crippen molar-refractivity contribution >= 4 is 17.9 Å². The van der Waals surface area contributed by atoms with E-state index < -0.39 is 23.4 Å². The van der Waals surface area contributed by atoms with Crippen LogP contribution in [-0.4, -0.2) is 48.3 Å². The van der Waals surface area contributed by atoms with Gasteiger partial charge in [-0.25, -0.2) is 9.59 Å².